The summed E-state index contributed by atoms with van der Waals surface area (Å²) < 4.78 is -1.27. The minimum Gasteiger partial charge on any atom is -0.198 e. The molecular weight excluding hydrogens is 183 g/mol. The van der Waals surface area contributed by atoms with Crippen molar-refractivity contribution in [3.63, 3.8) is 0 Å². The first-order chi connectivity index (χ1) is 5.12. The molecule has 60 valence electrons. The van der Waals surface area contributed by atoms with Crippen molar-refractivity contribution in [1.29, 1.82) is 10.5 Å². The number of hydrogen-bond acceptors (Lipinski definition) is 2. The molecule has 0 aromatic carbocycles. The molecule has 0 fully saturated rings. The zero-order valence-electron chi connectivity index (χ0n) is 5.98. The third-order valence-electron chi connectivity index (χ3n) is 1.19. The Balaban J connectivity index is 3.42. The monoisotopic (exact) mass is 190 g/mol. The summed E-state index contributed by atoms with van der Waals surface area (Å²) in [4.78, 5) is 0. The van der Waals surface area contributed by atoms with E-state index in [1.54, 1.807) is 6.07 Å². The number of nitrogens with zero attached hydrogens (tertiary/aromatic N) is 2. The minimum absolute atomic E-state index is 0.425. The van der Waals surface area contributed by atoms with Crippen LogP contribution in [0.5, 0.6) is 0 Å². The summed E-state index contributed by atoms with van der Waals surface area (Å²) in [5, 5.41) is 16.5. The van der Waals surface area contributed by atoms with E-state index in [4.69, 9.17) is 33.7 Å². The number of unbranched alkanes of at least 4 members (excludes halogenated alkanes) is 2. The molecule has 0 saturated carbocycles. The number of rotatable bonds is 4. The predicted molar refractivity (Wildman–Crippen MR) is 44.1 cm³/mol. The van der Waals surface area contributed by atoms with Gasteiger partial charge in [-0.3, -0.25) is 0 Å². The van der Waals surface area contributed by atoms with Gasteiger partial charge < -0.3 is 0 Å². The molecule has 0 spiro atoms. The number of nitriles is 2. The van der Waals surface area contributed by atoms with E-state index in [1.165, 1.54) is 0 Å². The van der Waals surface area contributed by atoms with Crippen LogP contribution in [0.15, 0.2) is 0 Å². The molecule has 11 heavy (non-hydrogen) atoms. The average Bonchev–Trinajstić information content (AvgIpc) is 1.99. The second-order valence-corrected chi connectivity index (χ2v) is 3.67. The minimum atomic E-state index is -1.27. The Morgan fingerprint density at radius 2 is 1.82 bits per heavy atom. The highest BCUT2D eigenvalue weighted by atomic mass is 35.5. The van der Waals surface area contributed by atoms with Crippen LogP contribution in [0.2, 0.25) is 0 Å². The van der Waals surface area contributed by atoms with E-state index in [9.17, 15) is 0 Å². The fourth-order valence-electron chi connectivity index (χ4n) is 0.607. The fourth-order valence-corrected chi connectivity index (χ4v) is 0.874. The first-order valence-electron chi connectivity index (χ1n) is 3.28. The van der Waals surface area contributed by atoms with E-state index in [2.05, 4.69) is 0 Å². The summed E-state index contributed by atoms with van der Waals surface area (Å²) in [5.41, 5.74) is 0. The van der Waals surface area contributed by atoms with E-state index in [0.717, 1.165) is 6.42 Å². The molecule has 0 heterocycles. The summed E-state index contributed by atoms with van der Waals surface area (Å²) in [7, 11) is 0. The lowest BCUT2D eigenvalue weighted by molar-refractivity contribution is 0.684. The van der Waals surface area contributed by atoms with Gasteiger partial charge in [0.1, 0.15) is 6.07 Å². The molecule has 0 aromatic rings. The van der Waals surface area contributed by atoms with E-state index >= 15 is 0 Å². The second-order valence-electron chi connectivity index (χ2n) is 2.18. The maximum absolute atomic E-state index is 8.37. The molecule has 2 nitrogen and oxygen atoms in total. The number of hydrogen-bond donors (Lipinski definition) is 0. The van der Waals surface area contributed by atoms with Crippen LogP contribution < -0.4 is 0 Å². The molecule has 0 rings (SSSR count). The quantitative estimate of drug-likeness (QED) is 0.506. The molecule has 0 aliphatic rings. The van der Waals surface area contributed by atoms with Crippen LogP contribution in [-0.2, 0) is 0 Å². The smallest absolute Gasteiger partial charge is 0.198 e. The molecule has 0 aliphatic heterocycles. The third-order valence-corrected chi connectivity index (χ3v) is 1.74. The maximum atomic E-state index is 8.37. The van der Waals surface area contributed by atoms with Crippen molar-refractivity contribution in [3.8, 4) is 12.1 Å². The molecule has 0 N–H and O–H groups in total. The van der Waals surface area contributed by atoms with Gasteiger partial charge in [-0.1, -0.05) is 23.2 Å². The molecule has 0 saturated heterocycles. The maximum Gasteiger partial charge on any atom is 0.203 e. The summed E-state index contributed by atoms with van der Waals surface area (Å²) in [6.45, 7) is 0. The van der Waals surface area contributed by atoms with Crippen LogP contribution in [-0.4, -0.2) is 4.33 Å². The molecule has 0 atom stereocenters. The molecule has 0 radical (unpaired) electrons. The van der Waals surface area contributed by atoms with Crippen LogP contribution in [0, 0.1) is 22.7 Å². The Kier molecular flexibility index (Phi) is 5.03. The topological polar surface area (TPSA) is 47.6 Å². The Morgan fingerprint density at radius 3 is 2.27 bits per heavy atom. The highest BCUT2D eigenvalue weighted by Crippen LogP contribution is 2.26. The summed E-state index contributed by atoms with van der Waals surface area (Å²) in [6.07, 6.45) is 2.39. The fraction of sp³-hybridized carbons (Fsp3) is 0.714. The van der Waals surface area contributed by atoms with Gasteiger partial charge in [0, 0.05) is 6.42 Å². The van der Waals surface area contributed by atoms with Gasteiger partial charge in [-0.25, -0.2) is 0 Å². The van der Waals surface area contributed by atoms with Crippen LogP contribution >= 0.6 is 23.2 Å². The highest BCUT2D eigenvalue weighted by molar-refractivity contribution is 6.50. The summed E-state index contributed by atoms with van der Waals surface area (Å²) in [6, 6.07) is 3.77. The van der Waals surface area contributed by atoms with E-state index in [1.807, 2.05) is 6.07 Å². The Hall–Kier alpha value is -0.440. The number of halogens is 2. The largest absolute Gasteiger partial charge is 0.203 e. The Labute approximate surface area is 76.3 Å². The second kappa shape index (κ2) is 5.24. The van der Waals surface area contributed by atoms with E-state index in [0.29, 0.717) is 19.3 Å². The van der Waals surface area contributed by atoms with Gasteiger partial charge in [-0.15, -0.1) is 0 Å². The van der Waals surface area contributed by atoms with E-state index in [-0.39, 0.29) is 0 Å². The lowest BCUT2D eigenvalue weighted by Crippen LogP contribution is -2.07. The van der Waals surface area contributed by atoms with Crippen molar-refractivity contribution in [1.82, 2.24) is 0 Å². The highest BCUT2D eigenvalue weighted by Gasteiger charge is 2.21. The lowest BCUT2D eigenvalue weighted by Gasteiger charge is -2.07. The Morgan fingerprint density at radius 1 is 1.18 bits per heavy atom. The molecule has 0 unspecified atom stereocenters. The summed E-state index contributed by atoms with van der Waals surface area (Å²) >= 11 is 11.0. The van der Waals surface area contributed by atoms with Crippen molar-refractivity contribution in [2.24, 2.45) is 0 Å². The van der Waals surface area contributed by atoms with Gasteiger partial charge >= 0.3 is 0 Å². The molecule has 0 aliphatic carbocycles. The predicted octanol–water partition coefficient (Wildman–Crippen LogP) is 2.77. The lowest BCUT2D eigenvalue weighted by atomic mass is 10.1. The normalized spacial score (nSPS) is 10.2. The zero-order chi connectivity index (χ0) is 8.74. The van der Waals surface area contributed by atoms with Gasteiger partial charge in [0.15, 0.2) is 0 Å². The van der Waals surface area contributed by atoms with Crippen molar-refractivity contribution in [2.45, 2.75) is 30.0 Å². The standard InChI is InChI=1S/C7H8Cl2N2/c8-7(9,6-11)4-2-1-3-5-10/h1-4H2. The van der Waals surface area contributed by atoms with Crippen LogP contribution in [0.3, 0.4) is 0 Å². The first kappa shape index (κ1) is 10.6. The van der Waals surface area contributed by atoms with Crippen LogP contribution in [0.25, 0.3) is 0 Å². The van der Waals surface area contributed by atoms with Gasteiger partial charge in [0.2, 0.25) is 4.33 Å². The first-order valence-corrected chi connectivity index (χ1v) is 4.04. The molecule has 0 bridgehead atoms. The molecule has 4 heteroatoms. The van der Waals surface area contributed by atoms with Crippen molar-refractivity contribution >= 4 is 23.2 Å². The van der Waals surface area contributed by atoms with Crippen molar-refractivity contribution in [2.75, 3.05) is 0 Å². The SMILES string of the molecule is N#CCCCCC(Cl)(Cl)C#N. The van der Waals surface area contributed by atoms with Gasteiger partial charge in [0.05, 0.1) is 6.07 Å². The van der Waals surface area contributed by atoms with Crippen LogP contribution in [0.1, 0.15) is 25.7 Å². The molecule has 0 aromatic heterocycles. The Bertz CT molecular complexity index is 188. The third kappa shape index (κ3) is 5.98. The van der Waals surface area contributed by atoms with Gasteiger partial charge in [-0.2, -0.15) is 10.5 Å². The zero-order valence-corrected chi connectivity index (χ0v) is 7.49. The summed E-state index contributed by atoms with van der Waals surface area (Å²) in [5.74, 6) is 0. The van der Waals surface area contributed by atoms with Crippen molar-refractivity contribution in [3.05, 3.63) is 0 Å². The average molecular weight is 191 g/mol. The van der Waals surface area contributed by atoms with Gasteiger partial charge in [0.25, 0.3) is 0 Å². The van der Waals surface area contributed by atoms with E-state index < -0.39 is 4.33 Å². The molecule has 0 amide bonds. The molecular formula is C7H8Cl2N2. The van der Waals surface area contributed by atoms with Gasteiger partial charge in [-0.05, 0) is 19.3 Å². The van der Waals surface area contributed by atoms with Crippen molar-refractivity contribution < 1.29 is 0 Å². The van der Waals surface area contributed by atoms with Crippen LogP contribution in [0.4, 0.5) is 0 Å². The number of alkyl halides is 2.